The van der Waals surface area contributed by atoms with Crippen LogP contribution in [-0.2, 0) is 9.59 Å². The molecule has 1 aliphatic rings. The molecule has 1 N–H and O–H groups in total. The van der Waals surface area contributed by atoms with Crippen molar-refractivity contribution < 1.29 is 19.1 Å². The number of benzene rings is 1. The Balaban J connectivity index is 2.09. The second-order valence-corrected chi connectivity index (χ2v) is 6.32. The standard InChI is InChI=1S/C18H25FN2O3/c1-4-20(12(2)14-5-7-15(19)8-6-14)17(22)11-21(16-9-10-16)13(3)18(23)24/h5-8,12-13,16H,4,9-11H2,1-3H3,(H,23,24). The van der Waals surface area contributed by atoms with Gasteiger partial charge in [0.05, 0.1) is 12.6 Å². The number of aliphatic carboxylic acids is 1. The summed E-state index contributed by atoms with van der Waals surface area (Å²) in [6.07, 6.45) is 1.87. The summed E-state index contributed by atoms with van der Waals surface area (Å²) in [6.45, 7) is 6.01. The quantitative estimate of drug-likeness (QED) is 0.793. The lowest BCUT2D eigenvalue weighted by Crippen LogP contribution is -2.48. The van der Waals surface area contributed by atoms with Crippen LogP contribution in [-0.4, -0.2) is 52.0 Å². The molecule has 0 aliphatic heterocycles. The van der Waals surface area contributed by atoms with Gasteiger partial charge < -0.3 is 10.0 Å². The number of carboxylic acid groups (broad SMARTS) is 1. The Labute approximate surface area is 142 Å². The van der Waals surface area contributed by atoms with Crippen molar-refractivity contribution in [3.8, 4) is 0 Å². The molecule has 2 unspecified atom stereocenters. The van der Waals surface area contributed by atoms with Crippen LogP contribution >= 0.6 is 0 Å². The van der Waals surface area contributed by atoms with Crippen LogP contribution in [0.2, 0.25) is 0 Å². The van der Waals surface area contributed by atoms with Crippen LogP contribution in [0.25, 0.3) is 0 Å². The first kappa shape index (κ1) is 18.4. The minimum absolute atomic E-state index is 0.0948. The summed E-state index contributed by atoms with van der Waals surface area (Å²) in [4.78, 5) is 27.5. The zero-order valence-electron chi connectivity index (χ0n) is 14.4. The predicted molar refractivity (Wildman–Crippen MR) is 89.0 cm³/mol. The van der Waals surface area contributed by atoms with E-state index in [1.807, 2.05) is 13.8 Å². The molecule has 0 aromatic heterocycles. The molecule has 0 bridgehead atoms. The number of nitrogens with zero attached hydrogens (tertiary/aromatic N) is 2. The second-order valence-electron chi connectivity index (χ2n) is 6.32. The molecule has 1 fully saturated rings. The Morgan fingerprint density at radius 3 is 2.29 bits per heavy atom. The zero-order valence-corrected chi connectivity index (χ0v) is 14.4. The molecule has 5 nitrogen and oxygen atoms in total. The zero-order chi connectivity index (χ0) is 17.9. The number of halogens is 1. The SMILES string of the molecule is CCN(C(=O)CN(C1CC1)C(C)C(=O)O)C(C)c1ccc(F)cc1. The molecule has 1 aromatic carbocycles. The number of amides is 1. The van der Waals surface area contributed by atoms with Crippen LogP contribution in [0.1, 0.15) is 45.2 Å². The fourth-order valence-electron chi connectivity index (χ4n) is 2.96. The molecular formula is C18H25FN2O3. The van der Waals surface area contributed by atoms with E-state index in [2.05, 4.69) is 0 Å². The van der Waals surface area contributed by atoms with Crippen molar-refractivity contribution in [3.05, 3.63) is 35.6 Å². The van der Waals surface area contributed by atoms with Gasteiger partial charge in [0.1, 0.15) is 11.9 Å². The Morgan fingerprint density at radius 1 is 1.25 bits per heavy atom. The summed E-state index contributed by atoms with van der Waals surface area (Å²) in [5, 5.41) is 9.25. The van der Waals surface area contributed by atoms with Gasteiger partial charge in [-0.3, -0.25) is 14.5 Å². The molecule has 132 valence electrons. The van der Waals surface area contributed by atoms with Gasteiger partial charge in [0, 0.05) is 12.6 Å². The van der Waals surface area contributed by atoms with E-state index in [4.69, 9.17) is 0 Å². The normalized spacial score (nSPS) is 16.7. The van der Waals surface area contributed by atoms with Gasteiger partial charge >= 0.3 is 5.97 Å². The van der Waals surface area contributed by atoms with Crippen molar-refractivity contribution in [3.63, 3.8) is 0 Å². The van der Waals surface area contributed by atoms with E-state index in [9.17, 15) is 19.1 Å². The van der Waals surface area contributed by atoms with Crippen molar-refractivity contribution in [1.82, 2.24) is 9.80 Å². The highest BCUT2D eigenvalue weighted by molar-refractivity contribution is 5.80. The number of carbonyl (C=O) groups excluding carboxylic acids is 1. The summed E-state index contributed by atoms with van der Waals surface area (Å²) in [7, 11) is 0. The Kier molecular flexibility index (Phi) is 5.94. The van der Waals surface area contributed by atoms with Crippen LogP contribution in [0.15, 0.2) is 24.3 Å². The van der Waals surface area contributed by atoms with Crippen molar-refractivity contribution >= 4 is 11.9 Å². The summed E-state index contributed by atoms with van der Waals surface area (Å²) < 4.78 is 13.1. The largest absolute Gasteiger partial charge is 0.480 e. The molecule has 1 aliphatic carbocycles. The second kappa shape index (κ2) is 7.75. The van der Waals surface area contributed by atoms with E-state index in [1.165, 1.54) is 12.1 Å². The topological polar surface area (TPSA) is 60.9 Å². The van der Waals surface area contributed by atoms with Crippen molar-refractivity contribution in [2.24, 2.45) is 0 Å². The van der Waals surface area contributed by atoms with Crippen molar-refractivity contribution in [1.29, 1.82) is 0 Å². The highest BCUT2D eigenvalue weighted by Crippen LogP contribution is 2.29. The lowest BCUT2D eigenvalue weighted by molar-refractivity contribution is -0.144. The van der Waals surface area contributed by atoms with Gasteiger partial charge in [-0.05, 0) is 51.3 Å². The fourth-order valence-corrected chi connectivity index (χ4v) is 2.96. The number of likely N-dealkylation sites (N-methyl/N-ethyl adjacent to an activating group) is 1. The number of carboxylic acids is 1. The van der Waals surface area contributed by atoms with Crippen LogP contribution in [0.4, 0.5) is 4.39 Å². The molecule has 0 radical (unpaired) electrons. The lowest BCUT2D eigenvalue weighted by atomic mass is 10.1. The Bertz CT molecular complexity index is 586. The molecule has 1 saturated carbocycles. The third-order valence-electron chi connectivity index (χ3n) is 4.67. The van der Waals surface area contributed by atoms with Crippen molar-refractivity contribution in [2.45, 2.75) is 51.7 Å². The molecule has 0 saturated heterocycles. The van der Waals surface area contributed by atoms with Gasteiger partial charge in [0.25, 0.3) is 0 Å². The molecule has 6 heteroatoms. The molecule has 1 amide bonds. The summed E-state index contributed by atoms with van der Waals surface area (Å²) in [6, 6.07) is 5.42. The highest BCUT2D eigenvalue weighted by Gasteiger charge is 2.37. The maximum Gasteiger partial charge on any atom is 0.320 e. The van der Waals surface area contributed by atoms with Crippen molar-refractivity contribution in [2.75, 3.05) is 13.1 Å². The van der Waals surface area contributed by atoms with E-state index in [0.717, 1.165) is 18.4 Å². The first-order valence-electron chi connectivity index (χ1n) is 8.38. The molecule has 24 heavy (non-hydrogen) atoms. The third kappa shape index (κ3) is 4.32. The van der Waals surface area contributed by atoms with Gasteiger partial charge in [-0.15, -0.1) is 0 Å². The van der Waals surface area contributed by atoms with Crippen LogP contribution in [0.5, 0.6) is 0 Å². The molecular weight excluding hydrogens is 311 g/mol. The first-order valence-corrected chi connectivity index (χ1v) is 8.38. The average Bonchev–Trinajstić information content (AvgIpc) is 3.37. The maximum absolute atomic E-state index is 13.1. The first-order chi connectivity index (χ1) is 11.3. The van der Waals surface area contributed by atoms with Gasteiger partial charge in [-0.25, -0.2) is 4.39 Å². The minimum Gasteiger partial charge on any atom is -0.480 e. The summed E-state index contributed by atoms with van der Waals surface area (Å²) >= 11 is 0. The monoisotopic (exact) mass is 336 g/mol. The minimum atomic E-state index is -0.913. The Hall–Kier alpha value is -1.95. The fraction of sp³-hybridized carbons (Fsp3) is 0.556. The van der Waals surface area contributed by atoms with E-state index in [1.54, 1.807) is 28.9 Å². The average molecular weight is 336 g/mol. The number of carbonyl (C=O) groups is 2. The third-order valence-corrected chi connectivity index (χ3v) is 4.67. The van der Waals surface area contributed by atoms with Gasteiger partial charge in [-0.2, -0.15) is 0 Å². The molecule has 2 atom stereocenters. The van der Waals surface area contributed by atoms with E-state index in [-0.39, 0.29) is 30.4 Å². The van der Waals surface area contributed by atoms with Crippen LogP contribution in [0, 0.1) is 5.82 Å². The number of hydrogen-bond acceptors (Lipinski definition) is 3. The summed E-state index contributed by atoms with van der Waals surface area (Å²) in [5.41, 5.74) is 0.857. The van der Waals surface area contributed by atoms with E-state index < -0.39 is 12.0 Å². The van der Waals surface area contributed by atoms with Gasteiger partial charge in [0.2, 0.25) is 5.91 Å². The van der Waals surface area contributed by atoms with Crippen LogP contribution < -0.4 is 0 Å². The molecule has 0 spiro atoms. The van der Waals surface area contributed by atoms with Gasteiger partial charge in [0.15, 0.2) is 0 Å². The number of hydrogen-bond donors (Lipinski definition) is 1. The molecule has 0 heterocycles. The smallest absolute Gasteiger partial charge is 0.320 e. The summed E-state index contributed by atoms with van der Waals surface area (Å²) in [5.74, 6) is -1.32. The number of rotatable bonds is 8. The molecule has 2 rings (SSSR count). The molecule has 1 aromatic rings. The van der Waals surface area contributed by atoms with E-state index in [0.29, 0.717) is 6.54 Å². The lowest BCUT2D eigenvalue weighted by Gasteiger charge is -2.32. The van der Waals surface area contributed by atoms with Crippen LogP contribution in [0.3, 0.4) is 0 Å². The predicted octanol–water partition coefficient (Wildman–Crippen LogP) is 2.67. The maximum atomic E-state index is 13.1. The Morgan fingerprint density at radius 2 is 1.83 bits per heavy atom. The van der Waals surface area contributed by atoms with Gasteiger partial charge in [-0.1, -0.05) is 12.1 Å². The highest BCUT2D eigenvalue weighted by atomic mass is 19.1. The van der Waals surface area contributed by atoms with E-state index >= 15 is 0 Å².